The molecule has 0 atom stereocenters. The summed E-state index contributed by atoms with van der Waals surface area (Å²) in [6, 6.07) is 0. The Morgan fingerprint density at radius 3 is 1.62 bits per heavy atom. The van der Waals surface area contributed by atoms with Crippen LogP contribution in [-0.2, 0) is 28.8 Å². The highest BCUT2D eigenvalue weighted by Gasteiger charge is 2.69. The van der Waals surface area contributed by atoms with Crippen molar-refractivity contribution < 1.29 is 28.8 Å². The molecule has 0 unspecified atom stereocenters. The summed E-state index contributed by atoms with van der Waals surface area (Å²) < 4.78 is 10.6. The molecule has 0 spiro atoms. The summed E-state index contributed by atoms with van der Waals surface area (Å²) in [7, 11) is 0. The minimum absolute atomic E-state index is 0.0243. The maximum absolute atomic E-state index is 12.2. The van der Waals surface area contributed by atoms with Gasteiger partial charge in [-0.2, -0.15) is 9.78 Å². The summed E-state index contributed by atoms with van der Waals surface area (Å²) in [5.74, 6) is -2.60. The fraction of sp³-hybridized carbons (Fsp3) is 0.867. The predicted molar refractivity (Wildman–Crippen MR) is 75.0 cm³/mol. The fourth-order valence-corrected chi connectivity index (χ4v) is 1.81. The number of ether oxygens (including phenoxy) is 2. The molecule has 1 saturated heterocycles. The van der Waals surface area contributed by atoms with Crippen molar-refractivity contribution in [1.29, 1.82) is 0 Å². The number of hydrogen-bond donors (Lipinski definition) is 0. The van der Waals surface area contributed by atoms with Gasteiger partial charge in [-0.25, -0.2) is 4.79 Å². The molecule has 0 aromatic heterocycles. The van der Waals surface area contributed by atoms with E-state index in [1.54, 1.807) is 55.4 Å². The minimum Gasteiger partial charge on any atom is -0.460 e. The summed E-state index contributed by atoms with van der Waals surface area (Å²) >= 11 is 0. The molecule has 0 N–H and O–H groups in total. The van der Waals surface area contributed by atoms with E-state index in [-0.39, 0.29) is 6.42 Å². The first-order chi connectivity index (χ1) is 9.19. The van der Waals surface area contributed by atoms with E-state index in [2.05, 4.69) is 0 Å². The lowest BCUT2D eigenvalue weighted by atomic mass is 9.81. The largest absolute Gasteiger partial charge is 0.460 e. The van der Waals surface area contributed by atoms with E-state index in [9.17, 15) is 9.59 Å². The Morgan fingerprint density at radius 1 is 0.857 bits per heavy atom. The highest BCUT2D eigenvalue weighted by molar-refractivity contribution is 5.82. The van der Waals surface area contributed by atoms with Crippen LogP contribution < -0.4 is 0 Å². The molecule has 0 aromatic rings. The molecule has 1 aliphatic heterocycles. The van der Waals surface area contributed by atoms with Crippen molar-refractivity contribution >= 4 is 11.9 Å². The second-order valence-corrected chi connectivity index (χ2v) is 7.93. The zero-order valence-electron chi connectivity index (χ0n) is 14.2. The molecular formula is C15H26O6. The Bertz CT molecular complexity index is 420. The normalized spacial score (nSPS) is 18.1. The molecular weight excluding hydrogens is 276 g/mol. The fourth-order valence-electron chi connectivity index (χ4n) is 1.81. The summed E-state index contributed by atoms with van der Waals surface area (Å²) in [6.07, 6.45) is -0.0243. The van der Waals surface area contributed by atoms with Gasteiger partial charge in [-0.3, -0.25) is 4.79 Å². The first-order valence-electron chi connectivity index (χ1n) is 7.01. The van der Waals surface area contributed by atoms with Gasteiger partial charge in [0.15, 0.2) is 0 Å². The quantitative estimate of drug-likeness (QED) is 0.451. The van der Waals surface area contributed by atoms with E-state index >= 15 is 0 Å². The highest BCUT2D eigenvalue weighted by atomic mass is 17.4. The Balaban J connectivity index is 2.78. The monoisotopic (exact) mass is 302 g/mol. The molecule has 1 rings (SSSR count). The second kappa shape index (κ2) is 5.25. The highest BCUT2D eigenvalue weighted by Crippen LogP contribution is 2.49. The average molecular weight is 302 g/mol. The van der Waals surface area contributed by atoms with E-state index in [4.69, 9.17) is 19.2 Å². The lowest BCUT2D eigenvalue weighted by Gasteiger charge is -2.29. The van der Waals surface area contributed by atoms with Crippen LogP contribution in [-0.4, -0.2) is 28.9 Å². The lowest BCUT2D eigenvalue weighted by molar-refractivity contribution is -0.171. The molecule has 0 saturated carbocycles. The van der Waals surface area contributed by atoms with Crippen LogP contribution >= 0.6 is 0 Å². The van der Waals surface area contributed by atoms with E-state index in [1.807, 2.05) is 0 Å². The van der Waals surface area contributed by atoms with Crippen molar-refractivity contribution in [2.24, 2.45) is 5.41 Å². The molecule has 0 aliphatic carbocycles. The molecule has 1 aliphatic rings. The molecule has 21 heavy (non-hydrogen) atoms. The summed E-state index contributed by atoms with van der Waals surface area (Å²) in [4.78, 5) is 34.0. The van der Waals surface area contributed by atoms with Gasteiger partial charge in [0, 0.05) is 5.41 Å². The van der Waals surface area contributed by atoms with Crippen molar-refractivity contribution in [3.8, 4) is 0 Å². The van der Waals surface area contributed by atoms with Crippen LogP contribution in [0.15, 0.2) is 0 Å². The molecule has 1 fully saturated rings. The van der Waals surface area contributed by atoms with E-state index in [0.29, 0.717) is 0 Å². The second-order valence-electron chi connectivity index (χ2n) is 7.93. The van der Waals surface area contributed by atoms with Gasteiger partial charge in [-0.15, -0.1) is 0 Å². The average Bonchev–Trinajstić information content (AvgIpc) is 2.89. The van der Waals surface area contributed by atoms with E-state index in [1.165, 1.54) is 0 Å². The van der Waals surface area contributed by atoms with Gasteiger partial charge in [0.2, 0.25) is 0 Å². The van der Waals surface area contributed by atoms with E-state index in [0.717, 1.165) is 0 Å². The van der Waals surface area contributed by atoms with Crippen molar-refractivity contribution in [2.75, 3.05) is 0 Å². The van der Waals surface area contributed by atoms with Gasteiger partial charge in [0.25, 0.3) is 0 Å². The topological polar surface area (TPSA) is 77.7 Å². The van der Waals surface area contributed by atoms with Gasteiger partial charge in [0.1, 0.15) is 11.2 Å². The first-order valence-corrected chi connectivity index (χ1v) is 7.01. The molecule has 6 heteroatoms. The van der Waals surface area contributed by atoms with Crippen LogP contribution in [0.5, 0.6) is 0 Å². The lowest BCUT2D eigenvalue weighted by Crippen LogP contribution is -2.45. The SMILES string of the molecule is CC(C)(C)OC(=O)CC(C)(C)C1(C(=O)OC(C)(C)C)OO1. The van der Waals surface area contributed by atoms with Crippen molar-refractivity contribution in [1.82, 2.24) is 0 Å². The number of hydrogen-bond acceptors (Lipinski definition) is 6. The van der Waals surface area contributed by atoms with Crippen molar-refractivity contribution in [2.45, 2.75) is 78.8 Å². The van der Waals surface area contributed by atoms with Gasteiger partial charge in [0.05, 0.1) is 6.42 Å². The van der Waals surface area contributed by atoms with Gasteiger partial charge in [-0.05, 0) is 41.5 Å². The van der Waals surface area contributed by atoms with E-state index < -0.39 is 34.3 Å². The van der Waals surface area contributed by atoms with Gasteiger partial charge in [-0.1, -0.05) is 13.8 Å². The van der Waals surface area contributed by atoms with Crippen LogP contribution in [0.4, 0.5) is 0 Å². The summed E-state index contributed by atoms with van der Waals surface area (Å²) in [5, 5.41) is 0. The number of rotatable bonds is 4. The zero-order chi connectivity index (χ0) is 16.7. The third-order valence-corrected chi connectivity index (χ3v) is 2.81. The summed E-state index contributed by atoms with van der Waals surface area (Å²) in [5.41, 5.74) is -2.16. The Morgan fingerprint density at radius 2 is 1.29 bits per heavy atom. The smallest absolute Gasteiger partial charge is 0.373 e. The molecule has 0 aromatic carbocycles. The van der Waals surface area contributed by atoms with Crippen LogP contribution in [0.3, 0.4) is 0 Å². The molecule has 0 bridgehead atoms. The standard InChI is InChI=1S/C15H26O6/c1-12(2,3)18-10(16)9-14(7,8)15(20-21-15)11(17)19-13(4,5)6/h9H2,1-8H3. The van der Waals surface area contributed by atoms with Crippen molar-refractivity contribution in [3.05, 3.63) is 0 Å². The van der Waals surface area contributed by atoms with Gasteiger partial charge >= 0.3 is 17.7 Å². The number of carbonyl (C=O) groups excluding carboxylic acids is 2. The van der Waals surface area contributed by atoms with Gasteiger partial charge < -0.3 is 9.47 Å². The minimum atomic E-state index is -1.54. The molecule has 0 amide bonds. The molecule has 122 valence electrons. The predicted octanol–water partition coefficient (Wildman–Crippen LogP) is 2.74. The van der Waals surface area contributed by atoms with Crippen molar-refractivity contribution in [3.63, 3.8) is 0 Å². The van der Waals surface area contributed by atoms with Crippen LogP contribution in [0, 0.1) is 5.41 Å². The Kier molecular flexibility index (Phi) is 4.48. The number of esters is 2. The molecule has 1 heterocycles. The molecule has 0 radical (unpaired) electrons. The molecule has 6 nitrogen and oxygen atoms in total. The Hall–Kier alpha value is -1.14. The third kappa shape index (κ3) is 4.68. The summed E-state index contributed by atoms with van der Waals surface area (Å²) in [6.45, 7) is 14.0. The van der Waals surface area contributed by atoms with Crippen LogP contribution in [0.2, 0.25) is 0 Å². The first kappa shape index (κ1) is 17.9. The maximum atomic E-state index is 12.2. The Labute approximate surface area is 126 Å². The maximum Gasteiger partial charge on any atom is 0.373 e. The third-order valence-electron chi connectivity index (χ3n) is 2.81. The number of carbonyl (C=O) groups is 2. The van der Waals surface area contributed by atoms with Crippen LogP contribution in [0.1, 0.15) is 61.8 Å². The zero-order valence-corrected chi connectivity index (χ0v) is 14.2. The van der Waals surface area contributed by atoms with Crippen LogP contribution in [0.25, 0.3) is 0 Å².